The van der Waals surface area contributed by atoms with Crippen molar-refractivity contribution in [2.75, 3.05) is 5.32 Å². The minimum absolute atomic E-state index is 0.0229. The summed E-state index contributed by atoms with van der Waals surface area (Å²) in [5.74, 6) is -16.6. The number of hydrogen-bond acceptors (Lipinski definition) is 2. The molecule has 0 spiro atoms. The highest BCUT2D eigenvalue weighted by molar-refractivity contribution is 6.04. The summed E-state index contributed by atoms with van der Waals surface area (Å²) >= 11 is 0. The van der Waals surface area contributed by atoms with Crippen LogP contribution in [0.25, 0.3) is 10.8 Å². The number of alkyl halides is 11. The number of benzene rings is 2. The zero-order chi connectivity index (χ0) is 23.2. The maximum atomic E-state index is 14.3. The average molecular weight is 455 g/mol. The zero-order valence-electron chi connectivity index (χ0n) is 14.0. The van der Waals surface area contributed by atoms with Crippen LogP contribution in [0.15, 0.2) is 42.5 Å². The first kappa shape index (κ1) is 23.6. The predicted molar refractivity (Wildman–Crippen MR) is 79.5 cm³/mol. The van der Waals surface area contributed by atoms with Crippen LogP contribution in [0.5, 0.6) is 0 Å². The second kappa shape index (κ2) is 7.25. The fourth-order valence-electron chi connectivity index (χ4n) is 2.18. The van der Waals surface area contributed by atoms with Gasteiger partial charge in [-0.2, -0.15) is 48.3 Å². The fraction of sp³-hybridized carbons (Fsp3) is 0.312. The number of halogens is 11. The van der Waals surface area contributed by atoms with Crippen molar-refractivity contribution < 1.29 is 57.8 Å². The molecule has 0 fully saturated rings. The monoisotopic (exact) mass is 455 g/mol. The van der Waals surface area contributed by atoms with Gasteiger partial charge in [0.05, 0.1) is 0 Å². The van der Waals surface area contributed by atoms with Gasteiger partial charge in [0, 0.05) is 11.1 Å². The van der Waals surface area contributed by atoms with E-state index >= 15 is 0 Å². The molecule has 14 heteroatoms. The van der Waals surface area contributed by atoms with E-state index in [0.29, 0.717) is 0 Å². The summed E-state index contributed by atoms with van der Waals surface area (Å²) in [4.78, 5) is 11.8. The molecule has 30 heavy (non-hydrogen) atoms. The lowest BCUT2D eigenvalue weighted by atomic mass is 10.1. The summed E-state index contributed by atoms with van der Waals surface area (Å²) in [6.45, 7) is 0. The van der Waals surface area contributed by atoms with Gasteiger partial charge in [0.25, 0.3) is 5.91 Å². The summed E-state index contributed by atoms with van der Waals surface area (Å²) < 4.78 is 144. The van der Waals surface area contributed by atoms with Gasteiger partial charge in [-0.25, -0.2) is 0 Å². The highest BCUT2D eigenvalue weighted by atomic mass is 19.4. The number of hydrogen-bond donors (Lipinski definition) is 1. The Bertz CT molecular complexity index is 933. The molecule has 2 aromatic carbocycles. The largest absolute Gasteiger partial charge is 0.462 e. The van der Waals surface area contributed by atoms with E-state index in [9.17, 15) is 53.1 Å². The lowest BCUT2D eigenvalue weighted by Crippen LogP contribution is -2.62. The lowest BCUT2D eigenvalue weighted by molar-refractivity contribution is -0.472. The van der Waals surface area contributed by atoms with Crippen molar-refractivity contribution in [1.29, 1.82) is 0 Å². The molecule has 0 saturated heterocycles. The topological polar surface area (TPSA) is 38.3 Å². The normalized spacial score (nSPS) is 15.7. The smallest absolute Gasteiger partial charge is 0.320 e. The van der Waals surface area contributed by atoms with E-state index in [4.69, 9.17) is 0 Å². The standard InChI is InChI=1S/C16H8F11NO2/c17-12(14(20,21)22,30-16(26,27)13(18,19)15(23,24)25)11(29)28-10-7-3-5-8-4-1-2-6-9(8)10/h1-7H,(H,28,29)/t12-/m1/s1. The number of ether oxygens (including phenoxy) is 1. The van der Waals surface area contributed by atoms with Gasteiger partial charge in [-0.3, -0.25) is 9.53 Å². The predicted octanol–water partition coefficient (Wildman–Crippen LogP) is 5.81. The summed E-state index contributed by atoms with van der Waals surface area (Å²) in [7, 11) is 0. The van der Waals surface area contributed by atoms with Crippen molar-refractivity contribution in [3.05, 3.63) is 42.5 Å². The molecule has 0 saturated carbocycles. The van der Waals surface area contributed by atoms with E-state index in [1.54, 1.807) is 0 Å². The quantitative estimate of drug-likeness (QED) is 0.578. The molecular formula is C16H8F11NO2. The van der Waals surface area contributed by atoms with Gasteiger partial charge in [-0.05, 0) is 11.5 Å². The van der Waals surface area contributed by atoms with Crippen LogP contribution in [-0.4, -0.2) is 36.1 Å². The molecule has 2 aromatic rings. The number of amides is 1. The average Bonchev–Trinajstić information content (AvgIpc) is 2.59. The van der Waals surface area contributed by atoms with Gasteiger partial charge in [0.2, 0.25) is 0 Å². The minimum atomic E-state index is -7.25. The summed E-state index contributed by atoms with van der Waals surface area (Å²) in [5.41, 5.74) is -0.584. The van der Waals surface area contributed by atoms with Crippen LogP contribution in [0.2, 0.25) is 0 Å². The van der Waals surface area contributed by atoms with E-state index < -0.39 is 41.8 Å². The Balaban J connectivity index is 2.47. The fourth-order valence-corrected chi connectivity index (χ4v) is 2.18. The van der Waals surface area contributed by atoms with Crippen molar-refractivity contribution in [1.82, 2.24) is 0 Å². The first-order valence-corrected chi connectivity index (χ1v) is 7.51. The number of anilines is 1. The van der Waals surface area contributed by atoms with Crippen molar-refractivity contribution in [3.8, 4) is 0 Å². The maximum Gasteiger partial charge on any atom is 0.462 e. The van der Waals surface area contributed by atoms with E-state index in [2.05, 4.69) is 4.74 Å². The SMILES string of the molecule is O=C(Nc1cccc2ccccc12)[C@@](F)(OC(F)(F)C(F)(F)C(F)(F)F)C(F)(F)F. The van der Waals surface area contributed by atoms with Crippen molar-refractivity contribution in [2.24, 2.45) is 0 Å². The molecule has 2 rings (SSSR count). The van der Waals surface area contributed by atoms with Gasteiger partial charge >= 0.3 is 30.2 Å². The summed E-state index contributed by atoms with van der Waals surface area (Å²) in [6, 6.07) is 8.85. The Morgan fingerprint density at radius 2 is 1.27 bits per heavy atom. The molecule has 0 radical (unpaired) electrons. The number of rotatable bonds is 5. The van der Waals surface area contributed by atoms with Gasteiger partial charge < -0.3 is 5.32 Å². The summed E-state index contributed by atoms with van der Waals surface area (Å²) in [6.07, 6.45) is -21.0. The highest BCUT2D eigenvalue weighted by Crippen LogP contribution is 2.51. The zero-order valence-corrected chi connectivity index (χ0v) is 14.0. The Morgan fingerprint density at radius 1 is 0.733 bits per heavy atom. The molecule has 0 aliphatic rings. The van der Waals surface area contributed by atoms with Crippen molar-refractivity contribution >= 4 is 22.4 Å². The molecule has 0 aliphatic carbocycles. The van der Waals surface area contributed by atoms with Crippen molar-refractivity contribution in [2.45, 2.75) is 30.2 Å². The number of carbonyl (C=O) groups excluding carboxylic acids is 1. The molecule has 0 aromatic heterocycles. The van der Waals surface area contributed by atoms with Crippen LogP contribution in [-0.2, 0) is 9.53 Å². The van der Waals surface area contributed by atoms with Crippen LogP contribution in [0.4, 0.5) is 54.0 Å². The lowest BCUT2D eigenvalue weighted by Gasteiger charge is -2.34. The third-order valence-electron chi connectivity index (χ3n) is 3.68. The Morgan fingerprint density at radius 3 is 1.80 bits per heavy atom. The Kier molecular flexibility index (Phi) is 5.71. The van der Waals surface area contributed by atoms with E-state index in [1.165, 1.54) is 35.6 Å². The van der Waals surface area contributed by atoms with Gasteiger partial charge in [-0.1, -0.05) is 36.4 Å². The molecule has 0 heterocycles. The molecule has 0 aliphatic heterocycles. The third-order valence-corrected chi connectivity index (χ3v) is 3.68. The molecule has 1 amide bonds. The van der Waals surface area contributed by atoms with E-state index in [1.807, 2.05) is 0 Å². The highest BCUT2D eigenvalue weighted by Gasteiger charge is 2.79. The number of fused-ring (bicyclic) bond motifs is 1. The number of nitrogens with one attached hydrogen (secondary N) is 1. The molecule has 1 atom stereocenters. The van der Waals surface area contributed by atoms with Crippen molar-refractivity contribution in [3.63, 3.8) is 0 Å². The van der Waals surface area contributed by atoms with Crippen LogP contribution in [0, 0.1) is 0 Å². The molecule has 1 N–H and O–H groups in total. The Hall–Kier alpha value is -2.64. The van der Waals surface area contributed by atoms with E-state index in [-0.39, 0.29) is 10.8 Å². The van der Waals surface area contributed by atoms with Gasteiger partial charge in [-0.15, -0.1) is 0 Å². The first-order chi connectivity index (χ1) is 13.4. The van der Waals surface area contributed by atoms with Crippen LogP contribution in [0.3, 0.4) is 0 Å². The van der Waals surface area contributed by atoms with Crippen LogP contribution in [0.1, 0.15) is 0 Å². The minimum Gasteiger partial charge on any atom is -0.320 e. The number of carbonyl (C=O) groups is 1. The second-order valence-corrected chi connectivity index (χ2v) is 5.76. The third kappa shape index (κ3) is 4.00. The van der Waals surface area contributed by atoms with Gasteiger partial charge in [0.1, 0.15) is 0 Å². The molecular weight excluding hydrogens is 447 g/mol. The van der Waals surface area contributed by atoms with E-state index in [0.717, 1.165) is 12.1 Å². The molecule has 166 valence electrons. The molecule has 0 unspecified atom stereocenters. The van der Waals surface area contributed by atoms with Crippen LogP contribution >= 0.6 is 0 Å². The Labute approximate surface area is 159 Å². The molecule has 3 nitrogen and oxygen atoms in total. The summed E-state index contributed by atoms with van der Waals surface area (Å²) in [5, 5.41) is 1.48. The van der Waals surface area contributed by atoms with Gasteiger partial charge in [0.15, 0.2) is 0 Å². The first-order valence-electron chi connectivity index (χ1n) is 7.51. The van der Waals surface area contributed by atoms with Crippen LogP contribution < -0.4 is 5.32 Å². The maximum absolute atomic E-state index is 14.3. The molecule has 0 bridgehead atoms. The second-order valence-electron chi connectivity index (χ2n) is 5.76.